The minimum absolute atomic E-state index is 0.00953. The number of hydrogen-bond donors (Lipinski definition) is 2. The fourth-order valence-electron chi connectivity index (χ4n) is 2.94. The van der Waals surface area contributed by atoms with Gasteiger partial charge in [-0.2, -0.15) is 0 Å². The first-order chi connectivity index (χ1) is 15.3. The summed E-state index contributed by atoms with van der Waals surface area (Å²) in [7, 11) is 3.61. The molecule has 2 aromatic heterocycles. The maximum absolute atomic E-state index is 14.3. The molecule has 0 bridgehead atoms. The fraction of sp³-hybridized carbons (Fsp3) is 0.409. The van der Waals surface area contributed by atoms with Crippen LogP contribution in [0.2, 0.25) is 0 Å². The van der Waals surface area contributed by atoms with Gasteiger partial charge >= 0.3 is 0 Å². The third kappa shape index (κ3) is 6.42. The number of imidazole rings is 1. The van der Waals surface area contributed by atoms with Crippen molar-refractivity contribution >= 4 is 15.1 Å². The highest BCUT2D eigenvalue weighted by Gasteiger charge is 2.27. The zero-order valence-electron chi connectivity index (χ0n) is 18.5. The molecule has 1 amide bonds. The lowest BCUT2D eigenvalue weighted by atomic mass is 10.1. The summed E-state index contributed by atoms with van der Waals surface area (Å²) in [5.74, 6) is -0.567. The van der Waals surface area contributed by atoms with Crippen LogP contribution in [0, 0.1) is 0 Å². The third-order valence-corrected chi connectivity index (χ3v) is 5.33. The minimum atomic E-state index is -2.25. The van der Waals surface area contributed by atoms with Gasteiger partial charge in [0.15, 0.2) is 11.2 Å². The molecule has 32 heavy (non-hydrogen) atoms. The molecule has 0 fully saturated rings. The molecule has 2 N–H and O–H groups in total. The zero-order chi connectivity index (χ0) is 23.7. The third-order valence-electron chi connectivity index (χ3n) is 4.84. The number of unbranched alkanes of at least 4 members (excludes halogenated alkanes) is 1. The second-order valence-corrected chi connectivity index (χ2v) is 8.24. The number of aromatic amines is 1. The van der Waals surface area contributed by atoms with Gasteiger partial charge in [-0.3, -0.25) is 9.78 Å². The Bertz CT molecular complexity index is 974. The molecule has 2 atom stereocenters. The van der Waals surface area contributed by atoms with Crippen LogP contribution in [0.25, 0.3) is 11.3 Å². The summed E-state index contributed by atoms with van der Waals surface area (Å²) >= 11 is 0. The summed E-state index contributed by atoms with van der Waals surface area (Å²) < 4.78 is 41.0. The lowest BCUT2D eigenvalue weighted by Crippen LogP contribution is -2.30. The molecule has 2 aromatic rings. The van der Waals surface area contributed by atoms with Crippen molar-refractivity contribution in [2.45, 2.75) is 32.1 Å². The maximum atomic E-state index is 14.3. The molecule has 2 unspecified atom stereocenters. The van der Waals surface area contributed by atoms with E-state index in [0.29, 0.717) is 29.2 Å². The maximum Gasteiger partial charge on any atom is 0.291 e. The Morgan fingerprint density at radius 3 is 2.72 bits per heavy atom. The molecule has 2 heterocycles. The van der Waals surface area contributed by atoms with Crippen molar-refractivity contribution in [3.63, 3.8) is 0 Å². The van der Waals surface area contributed by atoms with E-state index in [4.69, 9.17) is 0 Å². The highest BCUT2D eigenvalue weighted by Crippen LogP contribution is 2.34. The lowest BCUT2D eigenvalue weighted by Gasteiger charge is -2.23. The number of amides is 1. The molecule has 0 aliphatic carbocycles. The van der Waals surface area contributed by atoms with Crippen LogP contribution < -0.4 is 5.32 Å². The van der Waals surface area contributed by atoms with E-state index in [1.807, 2.05) is 16.2 Å². The van der Waals surface area contributed by atoms with Crippen LogP contribution in [0.3, 0.4) is 0 Å². The van der Waals surface area contributed by atoms with E-state index in [1.54, 1.807) is 31.0 Å². The van der Waals surface area contributed by atoms with Crippen LogP contribution >= 0.6 is 9.24 Å². The van der Waals surface area contributed by atoms with Gasteiger partial charge in [0.25, 0.3) is 5.91 Å². The van der Waals surface area contributed by atoms with Crippen LogP contribution in [0.4, 0.5) is 13.2 Å². The number of hydrogen-bond acceptors (Lipinski definition) is 4. The van der Waals surface area contributed by atoms with Crippen LogP contribution in [0.1, 0.15) is 42.9 Å². The van der Waals surface area contributed by atoms with Crippen LogP contribution in [-0.4, -0.2) is 52.7 Å². The first kappa shape index (κ1) is 25.6. The Kier molecular flexibility index (Phi) is 9.44. The van der Waals surface area contributed by atoms with Crippen molar-refractivity contribution in [3.8, 4) is 11.3 Å². The Morgan fingerprint density at radius 2 is 2.09 bits per heavy atom. The quantitative estimate of drug-likeness (QED) is 0.373. The van der Waals surface area contributed by atoms with Gasteiger partial charge in [-0.05, 0) is 25.5 Å². The Balaban J connectivity index is 2.28. The van der Waals surface area contributed by atoms with Crippen molar-refractivity contribution < 1.29 is 18.0 Å². The second kappa shape index (κ2) is 11.8. The van der Waals surface area contributed by atoms with E-state index >= 15 is 0 Å². The summed E-state index contributed by atoms with van der Waals surface area (Å²) in [5, 5.41) is 0.454. The van der Waals surface area contributed by atoms with Crippen molar-refractivity contribution in [3.05, 3.63) is 59.6 Å². The van der Waals surface area contributed by atoms with Crippen molar-refractivity contribution in [1.82, 2.24) is 25.2 Å². The first-order valence-electron chi connectivity index (χ1n) is 10.3. The normalized spacial score (nSPS) is 14.2. The summed E-state index contributed by atoms with van der Waals surface area (Å²) in [6.45, 7) is 2.52. The van der Waals surface area contributed by atoms with Gasteiger partial charge in [-0.1, -0.05) is 28.7 Å². The molecule has 174 valence electrons. The number of aromatic nitrogens is 3. The van der Waals surface area contributed by atoms with Gasteiger partial charge in [0, 0.05) is 37.1 Å². The molecule has 0 aliphatic rings. The monoisotopic (exact) mass is 467 g/mol. The smallest absolute Gasteiger partial charge is 0.291 e. The van der Waals surface area contributed by atoms with Crippen LogP contribution in [-0.2, 0) is 5.41 Å². The Morgan fingerprint density at radius 1 is 1.34 bits per heavy atom. The van der Waals surface area contributed by atoms with E-state index in [0.717, 1.165) is 12.8 Å². The van der Waals surface area contributed by atoms with E-state index in [2.05, 4.69) is 20.3 Å². The molecule has 10 heteroatoms. The highest BCUT2D eigenvalue weighted by atomic mass is 31.0. The molecule has 0 saturated carbocycles. The van der Waals surface area contributed by atoms with Gasteiger partial charge in [0.1, 0.15) is 13.3 Å². The number of carbonyl (C=O) groups excluding carboxylic acids is 1. The largest absolute Gasteiger partial charge is 0.374 e. The number of pyridine rings is 1. The van der Waals surface area contributed by atoms with Gasteiger partial charge in [-0.15, -0.1) is 0 Å². The van der Waals surface area contributed by atoms with Crippen molar-refractivity contribution in [2.24, 2.45) is 0 Å². The first-order valence-corrected chi connectivity index (χ1v) is 10.8. The van der Waals surface area contributed by atoms with E-state index in [9.17, 15) is 18.0 Å². The van der Waals surface area contributed by atoms with Gasteiger partial charge in [0.2, 0.25) is 0 Å². The number of nitrogens with zero attached hydrogens (tertiary/aromatic N) is 3. The highest BCUT2D eigenvalue weighted by molar-refractivity contribution is 7.18. The predicted octanol–water partition coefficient (Wildman–Crippen LogP) is 4.66. The molecule has 0 saturated heterocycles. The summed E-state index contributed by atoms with van der Waals surface area (Å²) in [4.78, 5) is 25.4. The van der Waals surface area contributed by atoms with E-state index < -0.39 is 24.7 Å². The number of H-pyrrole nitrogens is 1. The van der Waals surface area contributed by atoms with Crippen molar-refractivity contribution in [2.75, 3.05) is 26.9 Å². The van der Waals surface area contributed by atoms with E-state index in [1.165, 1.54) is 24.7 Å². The summed E-state index contributed by atoms with van der Waals surface area (Å²) in [6.07, 6.45) is 9.28. The number of alkyl halides is 3. The fourth-order valence-corrected chi connectivity index (χ4v) is 3.10. The standard InChI is InChI=1S/C22H29F3N5OP/c1-4-6-8-30(3)19(10-23)17(7-5-2)29-21(31)20-27-13-18(28-20)15-9-16(12-26-11-15)22(25,32)14-24/h5,7,9,11-13H,4,6,8,10,14,32H2,1-3H3,(H,27,28)(H,29,31)/b7-5-,19-17-. The summed E-state index contributed by atoms with van der Waals surface area (Å²) in [5.41, 5.74) is 1.60. The molecule has 6 nitrogen and oxygen atoms in total. The topological polar surface area (TPSA) is 73.9 Å². The number of allylic oxidation sites excluding steroid dienone is 3. The molecular formula is C22H29F3N5OP. The number of nitrogens with one attached hydrogen (secondary N) is 2. The molecule has 0 aromatic carbocycles. The average Bonchev–Trinajstić information content (AvgIpc) is 3.29. The second-order valence-electron chi connectivity index (χ2n) is 7.33. The van der Waals surface area contributed by atoms with Gasteiger partial charge < -0.3 is 15.2 Å². The average molecular weight is 467 g/mol. The van der Waals surface area contributed by atoms with Gasteiger partial charge in [0.05, 0.1) is 23.3 Å². The minimum Gasteiger partial charge on any atom is -0.374 e. The lowest BCUT2D eigenvalue weighted by molar-refractivity contribution is 0.0956. The number of rotatable bonds is 11. The van der Waals surface area contributed by atoms with E-state index in [-0.39, 0.29) is 11.4 Å². The SMILES string of the molecule is C/C=C\C(NC(=O)c1ncc(-c2cncc(C(F)(P)CF)c2)[nH]1)=C(/CF)N(C)CCCC. The molecule has 0 radical (unpaired) electrons. The molecule has 0 aliphatic heterocycles. The molecule has 0 spiro atoms. The van der Waals surface area contributed by atoms with Crippen LogP contribution in [0.15, 0.2) is 48.2 Å². The number of halogens is 3. The zero-order valence-corrected chi connectivity index (χ0v) is 19.6. The van der Waals surface area contributed by atoms with Gasteiger partial charge in [-0.25, -0.2) is 18.2 Å². The number of carbonyl (C=O) groups is 1. The summed E-state index contributed by atoms with van der Waals surface area (Å²) in [6, 6.07) is 1.43. The van der Waals surface area contributed by atoms with Crippen molar-refractivity contribution in [1.29, 1.82) is 0 Å². The Labute approximate surface area is 188 Å². The molecular weight excluding hydrogens is 438 g/mol. The molecule has 2 rings (SSSR count). The predicted molar refractivity (Wildman–Crippen MR) is 123 cm³/mol. The van der Waals surface area contributed by atoms with Crippen LogP contribution in [0.5, 0.6) is 0 Å². The Hall–Kier alpha value is -2.67.